The number of amides is 1. The number of aromatic nitrogens is 2. The van der Waals surface area contributed by atoms with Gasteiger partial charge in [-0.15, -0.1) is 12.4 Å². The van der Waals surface area contributed by atoms with E-state index in [0.717, 1.165) is 12.8 Å². The molecule has 4 rings (SSSR count). The summed E-state index contributed by atoms with van der Waals surface area (Å²) in [6, 6.07) is 8.93. The molecule has 2 aliphatic heterocycles. The number of hydrogen-bond acceptors (Lipinski definition) is 5. The molecule has 0 radical (unpaired) electrons. The first-order valence-corrected chi connectivity index (χ1v) is 8.46. The van der Waals surface area contributed by atoms with Gasteiger partial charge in [0.05, 0.1) is 10.6 Å². The minimum absolute atomic E-state index is 0. The molecule has 2 saturated heterocycles. The number of nitro groups is 1. The van der Waals surface area contributed by atoms with Crippen molar-refractivity contribution in [3.8, 4) is 5.69 Å². The first kappa shape index (κ1) is 18.3. The number of benzene rings is 1. The Bertz CT molecular complexity index is 795. The zero-order valence-electron chi connectivity index (χ0n) is 14.0. The molecule has 0 spiro atoms. The molecule has 138 valence electrons. The summed E-state index contributed by atoms with van der Waals surface area (Å²) in [5.41, 5.74) is 1.04. The molecular formula is C17H20ClN5O3. The topological polar surface area (TPSA) is 102 Å². The van der Waals surface area contributed by atoms with Gasteiger partial charge in [0, 0.05) is 36.5 Å². The number of hydrogen-bond donors (Lipinski definition) is 2. The van der Waals surface area contributed by atoms with E-state index in [9.17, 15) is 14.9 Å². The third-order valence-corrected chi connectivity index (χ3v) is 4.96. The molecule has 8 nitrogen and oxygen atoms in total. The Hall–Kier alpha value is -2.45. The number of carbonyl (C=O) groups is 1. The quantitative estimate of drug-likeness (QED) is 0.628. The Morgan fingerprint density at radius 3 is 2.46 bits per heavy atom. The highest BCUT2D eigenvalue weighted by atomic mass is 35.5. The van der Waals surface area contributed by atoms with Gasteiger partial charge in [0.25, 0.3) is 11.6 Å². The number of carbonyl (C=O) groups excluding carboxylic acids is 1. The van der Waals surface area contributed by atoms with Crippen molar-refractivity contribution < 1.29 is 9.72 Å². The van der Waals surface area contributed by atoms with E-state index in [0.29, 0.717) is 23.5 Å². The second-order valence-corrected chi connectivity index (χ2v) is 6.70. The van der Waals surface area contributed by atoms with E-state index in [1.54, 1.807) is 29.1 Å². The fraction of sp³-hybridized carbons (Fsp3) is 0.412. The standard InChI is InChI=1S/C17H19N5O3.ClH/c23-17(19-13-9-11-1-2-12(10-13)18-11)16-7-8-21(20-16)14-3-5-15(6-4-14)22(24)25;/h3-8,11-13,18H,1-2,9-10H2,(H,19,23);1H. The van der Waals surface area contributed by atoms with Crippen LogP contribution in [0.1, 0.15) is 36.2 Å². The van der Waals surface area contributed by atoms with Crippen LogP contribution in [-0.4, -0.2) is 38.7 Å². The molecule has 2 unspecified atom stereocenters. The zero-order chi connectivity index (χ0) is 17.4. The van der Waals surface area contributed by atoms with Gasteiger partial charge in [-0.1, -0.05) is 0 Å². The van der Waals surface area contributed by atoms with Crippen LogP contribution < -0.4 is 10.6 Å². The van der Waals surface area contributed by atoms with Gasteiger partial charge in [-0.05, 0) is 43.9 Å². The van der Waals surface area contributed by atoms with Crippen molar-refractivity contribution in [2.45, 2.75) is 43.8 Å². The lowest BCUT2D eigenvalue weighted by atomic mass is 10.00. The number of halogens is 1. The van der Waals surface area contributed by atoms with Gasteiger partial charge in [0.15, 0.2) is 5.69 Å². The van der Waals surface area contributed by atoms with Crippen LogP contribution in [-0.2, 0) is 0 Å². The van der Waals surface area contributed by atoms with Crippen molar-refractivity contribution in [3.63, 3.8) is 0 Å². The van der Waals surface area contributed by atoms with E-state index < -0.39 is 4.92 Å². The normalized spacial score (nSPS) is 23.9. The summed E-state index contributed by atoms with van der Waals surface area (Å²) in [6.07, 6.45) is 5.98. The third kappa shape index (κ3) is 3.71. The maximum atomic E-state index is 12.4. The van der Waals surface area contributed by atoms with Crippen molar-refractivity contribution in [3.05, 3.63) is 52.3 Å². The van der Waals surface area contributed by atoms with Crippen molar-refractivity contribution in [2.24, 2.45) is 0 Å². The molecule has 2 bridgehead atoms. The van der Waals surface area contributed by atoms with Crippen molar-refractivity contribution in [2.75, 3.05) is 0 Å². The molecule has 0 saturated carbocycles. The average Bonchev–Trinajstić information content (AvgIpc) is 3.22. The molecule has 0 aliphatic carbocycles. The summed E-state index contributed by atoms with van der Waals surface area (Å²) in [4.78, 5) is 22.7. The predicted octanol–water partition coefficient (Wildman–Crippen LogP) is 2.22. The van der Waals surface area contributed by atoms with Gasteiger partial charge in [0.1, 0.15) is 0 Å². The second-order valence-electron chi connectivity index (χ2n) is 6.70. The second kappa shape index (κ2) is 7.43. The predicted molar refractivity (Wildman–Crippen MR) is 97.9 cm³/mol. The van der Waals surface area contributed by atoms with Gasteiger partial charge in [0.2, 0.25) is 0 Å². The number of nitrogens with one attached hydrogen (secondary N) is 2. The Kier molecular flexibility index (Phi) is 5.24. The number of nitrogens with zero attached hydrogens (tertiary/aromatic N) is 3. The summed E-state index contributed by atoms with van der Waals surface area (Å²) in [6.45, 7) is 0. The fourth-order valence-electron chi connectivity index (χ4n) is 3.75. The van der Waals surface area contributed by atoms with Gasteiger partial charge in [-0.2, -0.15) is 5.10 Å². The molecule has 2 fully saturated rings. The number of rotatable bonds is 4. The number of piperidine rings is 1. The van der Waals surface area contributed by atoms with Crippen LogP contribution in [0.5, 0.6) is 0 Å². The third-order valence-electron chi connectivity index (χ3n) is 4.96. The fourth-order valence-corrected chi connectivity index (χ4v) is 3.75. The Balaban J connectivity index is 0.00000196. The molecule has 1 amide bonds. The van der Waals surface area contributed by atoms with E-state index >= 15 is 0 Å². The average molecular weight is 378 g/mol. The van der Waals surface area contributed by atoms with Gasteiger partial charge >= 0.3 is 0 Å². The van der Waals surface area contributed by atoms with Gasteiger partial charge in [-0.3, -0.25) is 14.9 Å². The van der Waals surface area contributed by atoms with Crippen molar-refractivity contribution in [1.82, 2.24) is 20.4 Å². The van der Waals surface area contributed by atoms with Crippen molar-refractivity contribution in [1.29, 1.82) is 0 Å². The molecule has 2 atom stereocenters. The minimum atomic E-state index is -0.447. The summed E-state index contributed by atoms with van der Waals surface area (Å²) in [5.74, 6) is -0.174. The largest absolute Gasteiger partial charge is 0.348 e. The highest BCUT2D eigenvalue weighted by Gasteiger charge is 2.34. The molecular weight excluding hydrogens is 358 g/mol. The van der Waals surface area contributed by atoms with Crippen LogP contribution in [0, 0.1) is 10.1 Å². The highest BCUT2D eigenvalue weighted by molar-refractivity contribution is 5.92. The van der Waals surface area contributed by atoms with Crippen LogP contribution in [0.2, 0.25) is 0 Å². The Morgan fingerprint density at radius 1 is 1.19 bits per heavy atom. The molecule has 1 aromatic heterocycles. The number of nitro benzene ring substituents is 1. The maximum Gasteiger partial charge on any atom is 0.272 e. The molecule has 9 heteroatoms. The van der Waals surface area contributed by atoms with Crippen LogP contribution >= 0.6 is 12.4 Å². The number of non-ortho nitro benzene ring substituents is 1. The van der Waals surface area contributed by atoms with E-state index in [1.807, 2.05) is 0 Å². The van der Waals surface area contributed by atoms with Gasteiger partial charge in [-0.25, -0.2) is 4.68 Å². The van der Waals surface area contributed by atoms with Crippen LogP contribution in [0.3, 0.4) is 0 Å². The number of fused-ring (bicyclic) bond motifs is 2. The molecule has 1 aromatic carbocycles. The zero-order valence-corrected chi connectivity index (χ0v) is 14.8. The van der Waals surface area contributed by atoms with E-state index in [1.165, 1.54) is 25.0 Å². The Labute approximate surface area is 156 Å². The molecule has 2 N–H and O–H groups in total. The first-order chi connectivity index (χ1) is 12.1. The summed E-state index contributed by atoms with van der Waals surface area (Å²) in [7, 11) is 0. The van der Waals surface area contributed by atoms with Crippen molar-refractivity contribution >= 4 is 24.0 Å². The molecule has 26 heavy (non-hydrogen) atoms. The maximum absolute atomic E-state index is 12.4. The summed E-state index contributed by atoms with van der Waals surface area (Å²) in [5, 5.41) is 21.6. The lowest BCUT2D eigenvalue weighted by molar-refractivity contribution is -0.384. The lowest BCUT2D eigenvalue weighted by Gasteiger charge is -2.29. The first-order valence-electron chi connectivity index (χ1n) is 8.46. The van der Waals surface area contributed by atoms with E-state index in [2.05, 4.69) is 15.7 Å². The summed E-state index contributed by atoms with van der Waals surface area (Å²) >= 11 is 0. The lowest BCUT2D eigenvalue weighted by Crippen LogP contribution is -2.48. The molecule has 3 heterocycles. The Morgan fingerprint density at radius 2 is 1.85 bits per heavy atom. The van der Waals surface area contributed by atoms with Gasteiger partial charge < -0.3 is 10.6 Å². The molecule has 2 aliphatic rings. The van der Waals surface area contributed by atoms with E-state index in [-0.39, 0.29) is 30.0 Å². The minimum Gasteiger partial charge on any atom is -0.348 e. The smallest absolute Gasteiger partial charge is 0.272 e. The van der Waals surface area contributed by atoms with Crippen LogP contribution in [0.25, 0.3) is 5.69 Å². The summed E-state index contributed by atoms with van der Waals surface area (Å²) < 4.78 is 1.55. The molecule has 2 aromatic rings. The van der Waals surface area contributed by atoms with E-state index in [4.69, 9.17) is 0 Å². The highest BCUT2D eigenvalue weighted by Crippen LogP contribution is 2.26. The van der Waals surface area contributed by atoms with Crippen LogP contribution in [0.4, 0.5) is 5.69 Å². The SMILES string of the molecule is Cl.O=C(NC1CC2CCC(C1)N2)c1ccn(-c2ccc([N+](=O)[O-])cc2)n1. The van der Waals surface area contributed by atoms with Crippen LogP contribution in [0.15, 0.2) is 36.5 Å². The monoisotopic (exact) mass is 377 g/mol.